The lowest BCUT2D eigenvalue weighted by Gasteiger charge is -1.87. The third-order valence-corrected chi connectivity index (χ3v) is 1.09. The molecule has 0 fully saturated rings. The smallest absolute Gasteiger partial charge is 0.124 e. The molecule has 50 valence electrons. The Morgan fingerprint density at radius 3 is 2.80 bits per heavy atom. The molecule has 0 nitrogen and oxygen atoms in total. The minimum atomic E-state index is -0.236. The Hall–Kier alpha value is -1.29. The molecular weight excluding hydrogens is 127 g/mol. The van der Waals surface area contributed by atoms with Crippen molar-refractivity contribution in [2.45, 2.75) is 6.92 Å². The highest BCUT2D eigenvalue weighted by Gasteiger charge is 1.87. The van der Waals surface area contributed by atoms with E-state index in [1.165, 1.54) is 12.1 Å². The second-order valence-corrected chi connectivity index (χ2v) is 1.89. The fourth-order valence-electron chi connectivity index (χ4n) is 0.711. The second-order valence-electron chi connectivity index (χ2n) is 1.89. The highest BCUT2D eigenvalue weighted by Crippen LogP contribution is 2.00. The summed E-state index contributed by atoms with van der Waals surface area (Å²) in [5.74, 6) is 5.22. The topological polar surface area (TPSA) is 0 Å². The van der Waals surface area contributed by atoms with Gasteiger partial charge in [-0.25, -0.2) is 4.39 Å². The molecule has 0 aliphatic rings. The minimum absolute atomic E-state index is 0.236. The van der Waals surface area contributed by atoms with Gasteiger partial charge in [0.05, 0.1) is 0 Å². The van der Waals surface area contributed by atoms with Gasteiger partial charge in [0.25, 0.3) is 0 Å². The van der Waals surface area contributed by atoms with Gasteiger partial charge in [0.1, 0.15) is 5.82 Å². The van der Waals surface area contributed by atoms with Gasteiger partial charge in [-0.1, -0.05) is 12.0 Å². The van der Waals surface area contributed by atoms with Gasteiger partial charge in [-0.3, -0.25) is 0 Å². The van der Waals surface area contributed by atoms with Crippen molar-refractivity contribution in [3.05, 3.63) is 35.6 Å². The molecule has 1 aromatic rings. The summed E-state index contributed by atoms with van der Waals surface area (Å²) in [6, 6.07) is 6.24. The van der Waals surface area contributed by atoms with Crippen LogP contribution in [0.1, 0.15) is 12.5 Å². The van der Waals surface area contributed by atoms with Crippen molar-refractivity contribution in [3.63, 3.8) is 0 Å². The largest absolute Gasteiger partial charge is 0.207 e. The fraction of sp³-hybridized carbons (Fsp3) is 0.111. The van der Waals surface area contributed by atoms with Gasteiger partial charge in [0.15, 0.2) is 0 Å². The van der Waals surface area contributed by atoms with Crippen molar-refractivity contribution in [2.24, 2.45) is 0 Å². The van der Waals surface area contributed by atoms with E-state index in [-0.39, 0.29) is 5.82 Å². The first-order valence-corrected chi connectivity index (χ1v) is 3.01. The monoisotopic (exact) mass is 134 g/mol. The molecule has 0 aliphatic carbocycles. The summed E-state index contributed by atoms with van der Waals surface area (Å²) in [4.78, 5) is 0. The molecule has 0 aliphatic heterocycles. The molecule has 0 unspecified atom stereocenters. The van der Waals surface area contributed by atoms with E-state index in [0.717, 1.165) is 5.56 Å². The van der Waals surface area contributed by atoms with Crippen LogP contribution >= 0.6 is 0 Å². The first-order chi connectivity index (χ1) is 4.83. The molecule has 0 N–H and O–H groups in total. The molecule has 0 radical (unpaired) electrons. The number of hydrogen-bond donors (Lipinski definition) is 0. The van der Waals surface area contributed by atoms with Gasteiger partial charge >= 0.3 is 0 Å². The summed E-state index contributed by atoms with van der Waals surface area (Å²) in [7, 11) is 0. The molecule has 0 heterocycles. The van der Waals surface area contributed by atoms with Gasteiger partial charge in [-0.2, -0.15) is 0 Å². The summed E-state index contributed by atoms with van der Waals surface area (Å²) in [5, 5.41) is 0. The summed E-state index contributed by atoms with van der Waals surface area (Å²) in [6.45, 7) is 1.73. The molecule has 0 aromatic heterocycles. The van der Waals surface area contributed by atoms with Gasteiger partial charge in [0, 0.05) is 5.56 Å². The van der Waals surface area contributed by atoms with E-state index in [0.29, 0.717) is 0 Å². The van der Waals surface area contributed by atoms with Crippen LogP contribution in [0.4, 0.5) is 4.39 Å². The molecular formula is C9H7F. The highest BCUT2D eigenvalue weighted by molar-refractivity contribution is 5.33. The zero-order valence-electron chi connectivity index (χ0n) is 5.69. The van der Waals surface area contributed by atoms with E-state index in [1.807, 2.05) is 0 Å². The van der Waals surface area contributed by atoms with Crippen LogP contribution in [0.15, 0.2) is 24.3 Å². The average Bonchev–Trinajstić information content (AvgIpc) is 1.88. The van der Waals surface area contributed by atoms with E-state index in [1.54, 1.807) is 19.1 Å². The van der Waals surface area contributed by atoms with Crippen LogP contribution in [-0.2, 0) is 0 Å². The lowest BCUT2D eigenvalue weighted by atomic mass is 10.2. The second kappa shape index (κ2) is 3.03. The quantitative estimate of drug-likeness (QED) is 0.477. The molecule has 0 spiro atoms. The van der Waals surface area contributed by atoms with Gasteiger partial charge in [-0.15, -0.1) is 5.92 Å². The molecule has 0 bridgehead atoms. The Bertz CT molecular complexity index is 278. The average molecular weight is 134 g/mol. The standard InChI is InChI=1S/C9H7F/c1-2-4-8-5-3-6-9(10)7-8/h3,5-7H,1H3. The van der Waals surface area contributed by atoms with Crippen LogP contribution in [0.3, 0.4) is 0 Å². The van der Waals surface area contributed by atoms with Crippen LogP contribution < -0.4 is 0 Å². The van der Waals surface area contributed by atoms with Crippen molar-refractivity contribution in [1.29, 1.82) is 0 Å². The predicted molar refractivity (Wildman–Crippen MR) is 39.0 cm³/mol. The molecule has 1 aromatic carbocycles. The summed E-state index contributed by atoms with van der Waals surface area (Å²) in [5.41, 5.74) is 0.725. The Kier molecular flexibility index (Phi) is 2.07. The maximum atomic E-state index is 12.4. The lowest BCUT2D eigenvalue weighted by Crippen LogP contribution is -1.75. The van der Waals surface area contributed by atoms with E-state index < -0.39 is 0 Å². The van der Waals surface area contributed by atoms with Crippen LogP contribution in [0.2, 0.25) is 0 Å². The molecule has 0 amide bonds. The third kappa shape index (κ3) is 1.60. The summed E-state index contributed by atoms with van der Waals surface area (Å²) < 4.78 is 12.4. The van der Waals surface area contributed by atoms with Crippen LogP contribution in [0, 0.1) is 17.7 Å². The van der Waals surface area contributed by atoms with Gasteiger partial charge < -0.3 is 0 Å². The van der Waals surface area contributed by atoms with Crippen LogP contribution in [0.25, 0.3) is 0 Å². The SMILES string of the molecule is CC#Cc1cccc(F)c1. The molecule has 10 heavy (non-hydrogen) atoms. The van der Waals surface area contributed by atoms with Crippen molar-refractivity contribution in [2.75, 3.05) is 0 Å². The van der Waals surface area contributed by atoms with Gasteiger partial charge in [-0.05, 0) is 25.1 Å². The first-order valence-electron chi connectivity index (χ1n) is 3.01. The Balaban J connectivity index is 3.03. The normalized spacial score (nSPS) is 8.20. The third-order valence-electron chi connectivity index (χ3n) is 1.09. The lowest BCUT2D eigenvalue weighted by molar-refractivity contribution is 0.627. The Morgan fingerprint density at radius 1 is 1.40 bits per heavy atom. The van der Waals surface area contributed by atoms with Gasteiger partial charge in [0.2, 0.25) is 0 Å². The number of benzene rings is 1. The predicted octanol–water partition coefficient (Wildman–Crippen LogP) is 2.20. The zero-order valence-corrected chi connectivity index (χ0v) is 5.69. The Labute approximate surface area is 59.7 Å². The zero-order chi connectivity index (χ0) is 7.40. The first kappa shape index (κ1) is 6.82. The van der Waals surface area contributed by atoms with Crippen molar-refractivity contribution in [3.8, 4) is 11.8 Å². The summed E-state index contributed by atoms with van der Waals surface area (Å²) >= 11 is 0. The van der Waals surface area contributed by atoms with Crippen LogP contribution in [-0.4, -0.2) is 0 Å². The van der Waals surface area contributed by atoms with E-state index in [9.17, 15) is 4.39 Å². The number of halogens is 1. The molecule has 0 atom stereocenters. The molecule has 0 saturated heterocycles. The minimum Gasteiger partial charge on any atom is -0.207 e. The highest BCUT2D eigenvalue weighted by atomic mass is 19.1. The molecule has 0 saturated carbocycles. The maximum absolute atomic E-state index is 12.4. The van der Waals surface area contributed by atoms with Crippen molar-refractivity contribution in [1.82, 2.24) is 0 Å². The van der Waals surface area contributed by atoms with E-state index >= 15 is 0 Å². The fourth-order valence-corrected chi connectivity index (χ4v) is 0.711. The maximum Gasteiger partial charge on any atom is 0.124 e. The summed E-state index contributed by atoms with van der Waals surface area (Å²) in [6.07, 6.45) is 0. The molecule has 1 rings (SSSR count). The van der Waals surface area contributed by atoms with Crippen molar-refractivity contribution < 1.29 is 4.39 Å². The number of rotatable bonds is 0. The molecule has 1 heteroatoms. The van der Waals surface area contributed by atoms with Crippen LogP contribution in [0.5, 0.6) is 0 Å². The van der Waals surface area contributed by atoms with Crippen molar-refractivity contribution >= 4 is 0 Å². The Morgan fingerprint density at radius 2 is 2.20 bits per heavy atom. The van der Waals surface area contributed by atoms with E-state index in [2.05, 4.69) is 11.8 Å². The number of hydrogen-bond acceptors (Lipinski definition) is 0. The van der Waals surface area contributed by atoms with E-state index in [4.69, 9.17) is 0 Å².